The molecule has 2 rings (SSSR count). The third kappa shape index (κ3) is 7.19. The summed E-state index contributed by atoms with van der Waals surface area (Å²) in [7, 11) is 0. The second-order valence-electron chi connectivity index (χ2n) is 6.04. The highest BCUT2D eigenvalue weighted by molar-refractivity contribution is 7.99. The van der Waals surface area contributed by atoms with E-state index in [-0.39, 0.29) is 17.8 Å². The van der Waals surface area contributed by atoms with Gasteiger partial charge in [0.05, 0.1) is 23.1 Å². The van der Waals surface area contributed by atoms with Crippen LogP contribution in [0.4, 0.5) is 0 Å². The van der Waals surface area contributed by atoms with E-state index in [9.17, 15) is 4.79 Å². The van der Waals surface area contributed by atoms with Gasteiger partial charge in [-0.05, 0) is 57.0 Å². The van der Waals surface area contributed by atoms with Crippen molar-refractivity contribution in [2.75, 3.05) is 5.75 Å². The van der Waals surface area contributed by atoms with Gasteiger partial charge in [0, 0.05) is 11.4 Å². The van der Waals surface area contributed by atoms with Crippen LogP contribution < -0.4 is 10.2 Å². The maximum atomic E-state index is 11.9. The number of thioether (sulfide) groups is 1. The number of amides is 1. The SMILES string of the molecule is CCC(C)Oc1ccc(C=NNC(=O)CSc2nc(C)cc(C)n2)cc1Cl. The lowest BCUT2D eigenvalue weighted by Gasteiger charge is -2.13. The molecule has 0 aliphatic carbocycles. The molecule has 1 aromatic heterocycles. The summed E-state index contributed by atoms with van der Waals surface area (Å²) in [6.45, 7) is 7.83. The number of nitrogens with one attached hydrogen (secondary N) is 1. The van der Waals surface area contributed by atoms with Gasteiger partial charge >= 0.3 is 0 Å². The monoisotopic (exact) mass is 406 g/mol. The molecule has 0 aliphatic heterocycles. The molecule has 1 aromatic carbocycles. The number of rotatable bonds is 8. The first-order valence-corrected chi connectivity index (χ1v) is 9.97. The predicted octanol–water partition coefficient (Wildman–Crippen LogP) is 4.17. The maximum Gasteiger partial charge on any atom is 0.250 e. The molecule has 144 valence electrons. The minimum absolute atomic E-state index is 0.0972. The smallest absolute Gasteiger partial charge is 0.250 e. The lowest BCUT2D eigenvalue weighted by Crippen LogP contribution is -2.19. The highest BCUT2D eigenvalue weighted by atomic mass is 35.5. The van der Waals surface area contributed by atoms with Gasteiger partial charge < -0.3 is 4.74 Å². The Morgan fingerprint density at radius 3 is 2.67 bits per heavy atom. The van der Waals surface area contributed by atoms with Crippen LogP contribution in [-0.2, 0) is 4.79 Å². The number of hydrazone groups is 1. The molecular formula is C19H23ClN4O2S. The van der Waals surface area contributed by atoms with Crippen LogP contribution in [-0.4, -0.2) is 33.9 Å². The number of benzene rings is 1. The molecule has 0 bridgehead atoms. The Hall–Kier alpha value is -2.12. The molecule has 8 heteroatoms. The van der Waals surface area contributed by atoms with E-state index in [0.29, 0.717) is 15.9 Å². The summed E-state index contributed by atoms with van der Waals surface area (Å²) < 4.78 is 5.72. The molecule has 0 saturated heterocycles. The molecule has 1 unspecified atom stereocenters. The van der Waals surface area contributed by atoms with E-state index in [1.165, 1.54) is 18.0 Å². The van der Waals surface area contributed by atoms with Crippen molar-refractivity contribution in [3.05, 3.63) is 46.2 Å². The molecule has 1 heterocycles. The Labute approximate surface area is 168 Å². The highest BCUT2D eigenvalue weighted by Crippen LogP contribution is 2.26. The van der Waals surface area contributed by atoms with Crippen molar-refractivity contribution in [2.24, 2.45) is 5.10 Å². The number of aromatic nitrogens is 2. The van der Waals surface area contributed by atoms with Crippen LogP contribution in [0.3, 0.4) is 0 Å². The molecule has 1 N–H and O–H groups in total. The standard InChI is InChI=1S/C19H23ClN4O2S/c1-5-14(4)26-17-7-6-15(9-16(17)20)10-21-24-18(25)11-27-19-22-12(2)8-13(3)23-19/h6-10,14H,5,11H2,1-4H3,(H,24,25). The molecule has 1 amide bonds. The number of hydrogen-bond donors (Lipinski definition) is 1. The first kappa shape index (κ1) is 21.2. The lowest BCUT2D eigenvalue weighted by atomic mass is 10.2. The number of nitrogens with zero attached hydrogens (tertiary/aromatic N) is 3. The Bertz CT molecular complexity index is 809. The van der Waals surface area contributed by atoms with Crippen molar-refractivity contribution in [3.63, 3.8) is 0 Å². The Kier molecular flexibility index (Phi) is 8.06. The van der Waals surface area contributed by atoms with Crippen LogP contribution in [0.25, 0.3) is 0 Å². The highest BCUT2D eigenvalue weighted by Gasteiger charge is 2.07. The van der Waals surface area contributed by atoms with Gasteiger partial charge in [-0.2, -0.15) is 5.10 Å². The third-order valence-electron chi connectivity index (χ3n) is 3.56. The zero-order chi connectivity index (χ0) is 19.8. The molecule has 0 fully saturated rings. The van der Waals surface area contributed by atoms with Gasteiger partial charge in [0.1, 0.15) is 5.75 Å². The van der Waals surface area contributed by atoms with Crippen LogP contribution in [0, 0.1) is 13.8 Å². The summed E-state index contributed by atoms with van der Waals surface area (Å²) in [5.41, 5.74) is 5.00. The van der Waals surface area contributed by atoms with Gasteiger partial charge in [0.2, 0.25) is 0 Å². The summed E-state index contributed by atoms with van der Waals surface area (Å²) >= 11 is 7.49. The van der Waals surface area contributed by atoms with Gasteiger partial charge in [0.15, 0.2) is 5.16 Å². The van der Waals surface area contributed by atoms with Gasteiger partial charge in [-0.25, -0.2) is 15.4 Å². The Balaban J connectivity index is 1.85. The summed E-state index contributed by atoms with van der Waals surface area (Å²) in [4.78, 5) is 20.5. The molecule has 0 radical (unpaired) electrons. The van der Waals surface area contributed by atoms with E-state index < -0.39 is 0 Å². The molecule has 0 saturated carbocycles. The van der Waals surface area contributed by atoms with Crippen molar-refractivity contribution in [2.45, 2.75) is 45.4 Å². The summed E-state index contributed by atoms with van der Waals surface area (Å²) in [6.07, 6.45) is 2.53. The van der Waals surface area contributed by atoms with E-state index >= 15 is 0 Å². The van der Waals surface area contributed by atoms with Crippen molar-refractivity contribution in [3.8, 4) is 5.75 Å². The molecular weight excluding hydrogens is 384 g/mol. The maximum absolute atomic E-state index is 11.9. The number of carbonyl (C=O) groups excluding carboxylic acids is 1. The number of halogens is 1. The molecule has 1 atom stereocenters. The average Bonchev–Trinajstić information content (AvgIpc) is 2.61. The van der Waals surface area contributed by atoms with Crippen molar-refractivity contribution in [1.29, 1.82) is 0 Å². The molecule has 2 aromatic rings. The van der Waals surface area contributed by atoms with Crippen LogP contribution in [0.15, 0.2) is 34.5 Å². The summed E-state index contributed by atoms with van der Waals surface area (Å²) in [5.74, 6) is 0.585. The average molecular weight is 407 g/mol. The van der Waals surface area contributed by atoms with E-state index in [4.69, 9.17) is 16.3 Å². The van der Waals surface area contributed by atoms with Gasteiger partial charge in [-0.1, -0.05) is 30.3 Å². The summed E-state index contributed by atoms with van der Waals surface area (Å²) in [5, 5.41) is 5.05. The second kappa shape index (κ2) is 10.3. The van der Waals surface area contributed by atoms with Crippen LogP contribution in [0.2, 0.25) is 5.02 Å². The number of aryl methyl sites for hydroxylation is 2. The number of hydrogen-bond acceptors (Lipinski definition) is 6. The van der Waals surface area contributed by atoms with E-state index in [2.05, 4.69) is 20.5 Å². The van der Waals surface area contributed by atoms with Gasteiger partial charge in [0.25, 0.3) is 5.91 Å². The minimum Gasteiger partial charge on any atom is -0.489 e. The van der Waals surface area contributed by atoms with E-state index in [0.717, 1.165) is 23.4 Å². The molecule has 6 nitrogen and oxygen atoms in total. The number of carbonyl (C=O) groups is 1. The molecule has 0 spiro atoms. The number of ether oxygens (including phenoxy) is 1. The fraction of sp³-hybridized carbons (Fsp3) is 0.368. The topological polar surface area (TPSA) is 76.5 Å². The van der Waals surface area contributed by atoms with Crippen LogP contribution >= 0.6 is 23.4 Å². The van der Waals surface area contributed by atoms with E-state index in [1.54, 1.807) is 12.1 Å². The molecule has 27 heavy (non-hydrogen) atoms. The quantitative estimate of drug-likeness (QED) is 0.308. The first-order chi connectivity index (χ1) is 12.9. The van der Waals surface area contributed by atoms with Gasteiger partial charge in [-0.15, -0.1) is 0 Å². The van der Waals surface area contributed by atoms with Crippen LogP contribution in [0.1, 0.15) is 37.2 Å². The lowest BCUT2D eigenvalue weighted by molar-refractivity contribution is -0.118. The van der Waals surface area contributed by atoms with Crippen molar-refractivity contribution >= 4 is 35.5 Å². The van der Waals surface area contributed by atoms with Crippen molar-refractivity contribution < 1.29 is 9.53 Å². The largest absolute Gasteiger partial charge is 0.489 e. The van der Waals surface area contributed by atoms with Gasteiger partial charge in [-0.3, -0.25) is 4.79 Å². The minimum atomic E-state index is -0.234. The Morgan fingerprint density at radius 1 is 1.33 bits per heavy atom. The fourth-order valence-electron chi connectivity index (χ4n) is 2.09. The normalized spacial score (nSPS) is 12.2. The summed E-state index contributed by atoms with van der Waals surface area (Å²) in [6, 6.07) is 7.26. The predicted molar refractivity (Wildman–Crippen MR) is 110 cm³/mol. The third-order valence-corrected chi connectivity index (χ3v) is 4.70. The van der Waals surface area contributed by atoms with Crippen LogP contribution in [0.5, 0.6) is 5.75 Å². The first-order valence-electron chi connectivity index (χ1n) is 8.60. The zero-order valence-electron chi connectivity index (χ0n) is 15.8. The second-order valence-corrected chi connectivity index (χ2v) is 7.39. The van der Waals surface area contributed by atoms with E-state index in [1.807, 2.05) is 39.8 Å². The molecule has 0 aliphatic rings. The zero-order valence-corrected chi connectivity index (χ0v) is 17.4. The van der Waals surface area contributed by atoms with Crippen molar-refractivity contribution in [1.82, 2.24) is 15.4 Å². The Morgan fingerprint density at radius 2 is 2.04 bits per heavy atom. The fourth-order valence-corrected chi connectivity index (χ4v) is 3.07.